The van der Waals surface area contributed by atoms with Gasteiger partial charge in [-0.1, -0.05) is 26.0 Å². The molecule has 2 rings (SSSR count). The van der Waals surface area contributed by atoms with E-state index in [1.807, 2.05) is 24.3 Å². The molecule has 162 valence electrons. The number of rotatable bonds is 10. The van der Waals surface area contributed by atoms with E-state index in [9.17, 15) is 4.79 Å². The van der Waals surface area contributed by atoms with Crippen LogP contribution in [0.3, 0.4) is 0 Å². The molecule has 2 aromatic carbocycles. The number of esters is 1. The van der Waals surface area contributed by atoms with E-state index in [-0.39, 0.29) is 23.9 Å². The highest BCUT2D eigenvalue weighted by Crippen LogP contribution is 2.41. The van der Waals surface area contributed by atoms with Crippen molar-refractivity contribution < 1.29 is 19.0 Å². The van der Waals surface area contributed by atoms with E-state index in [0.29, 0.717) is 12.4 Å². The first-order valence-corrected chi connectivity index (χ1v) is 11.5. The van der Waals surface area contributed by atoms with Crippen molar-refractivity contribution in [3.8, 4) is 11.5 Å². The molecule has 0 saturated heterocycles. The molecule has 2 radical (unpaired) electrons. The molecule has 0 bridgehead atoms. The lowest BCUT2D eigenvalue weighted by Gasteiger charge is -2.27. The van der Waals surface area contributed by atoms with Crippen LogP contribution in [-0.4, -0.2) is 31.2 Å². The third-order valence-electron chi connectivity index (χ3n) is 4.58. The minimum atomic E-state index is -0.513. The van der Waals surface area contributed by atoms with Gasteiger partial charge in [0.05, 0.1) is 21.4 Å². The van der Waals surface area contributed by atoms with Crippen LogP contribution < -0.4 is 9.47 Å². The second-order valence-corrected chi connectivity index (χ2v) is 9.23. The van der Waals surface area contributed by atoms with Gasteiger partial charge in [-0.3, -0.25) is 4.79 Å². The number of hydrogen-bond acceptors (Lipinski definition) is 4. The summed E-state index contributed by atoms with van der Waals surface area (Å²) in [5.74, 6) is 1.21. The van der Waals surface area contributed by atoms with Crippen molar-refractivity contribution >= 4 is 49.4 Å². The zero-order valence-electron chi connectivity index (χ0n) is 17.2. The zero-order valence-corrected chi connectivity index (χ0v) is 21.1. The maximum atomic E-state index is 11.2. The number of halogens is 3. The van der Waals surface area contributed by atoms with Gasteiger partial charge in [0.1, 0.15) is 24.2 Å². The molecule has 0 aliphatic carbocycles. The first-order valence-electron chi connectivity index (χ1n) is 9.38. The van der Waals surface area contributed by atoms with Gasteiger partial charge >= 0.3 is 5.97 Å². The Kier molecular flexibility index (Phi) is 9.51. The fourth-order valence-electron chi connectivity index (χ4n) is 2.87. The second kappa shape index (κ2) is 11.4. The largest absolute Gasteiger partial charge is 0.493 e. The highest BCUT2D eigenvalue weighted by molar-refractivity contribution is 9.11. The number of carbonyl (C=O) groups excluding carboxylic acids is 1. The Morgan fingerprint density at radius 1 is 1.13 bits per heavy atom. The number of alkyl halides is 1. The SMILES string of the molecule is [CH2][CH]COc1ccc(C(C)(C)c2cc(Br)c(OC[C@H](CCl)OC(C)=O)c(Br)c2)cc1. The second-order valence-electron chi connectivity index (χ2n) is 7.21. The van der Waals surface area contributed by atoms with Crippen LogP contribution in [0.15, 0.2) is 45.3 Å². The Balaban J connectivity index is 2.20. The van der Waals surface area contributed by atoms with Crippen molar-refractivity contribution in [1.82, 2.24) is 0 Å². The summed E-state index contributed by atoms with van der Waals surface area (Å²) in [6.07, 6.45) is 1.21. The summed E-state index contributed by atoms with van der Waals surface area (Å²) >= 11 is 13.1. The summed E-state index contributed by atoms with van der Waals surface area (Å²) in [6.45, 7) is 9.97. The van der Waals surface area contributed by atoms with Gasteiger partial charge in [-0.25, -0.2) is 0 Å². The molecular formula is C23H25Br2ClO4. The molecule has 0 fully saturated rings. The molecule has 0 aliphatic heterocycles. The summed E-state index contributed by atoms with van der Waals surface area (Å²) in [6, 6.07) is 12.1. The molecule has 0 aliphatic rings. The smallest absolute Gasteiger partial charge is 0.303 e. The zero-order chi connectivity index (χ0) is 22.3. The van der Waals surface area contributed by atoms with E-state index in [0.717, 1.165) is 25.8 Å². The summed E-state index contributed by atoms with van der Waals surface area (Å²) < 4.78 is 18.2. The lowest BCUT2D eigenvalue weighted by Crippen LogP contribution is -2.26. The Morgan fingerprint density at radius 3 is 2.23 bits per heavy atom. The predicted octanol–water partition coefficient (Wildman–Crippen LogP) is 6.50. The Morgan fingerprint density at radius 2 is 1.73 bits per heavy atom. The van der Waals surface area contributed by atoms with Crippen LogP contribution in [0.2, 0.25) is 0 Å². The molecule has 4 nitrogen and oxygen atoms in total. The van der Waals surface area contributed by atoms with E-state index < -0.39 is 6.10 Å². The molecule has 7 heteroatoms. The highest BCUT2D eigenvalue weighted by atomic mass is 79.9. The lowest BCUT2D eigenvalue weighted by molar-refractivity contribution is -0.146. The van der Waals surface area contributed by atoms with Crippen LogP contribution in [0.25, 0.3) is 0 Å². The van der Waals surface area contributed by atoms with Crippen LogP contribution in [0.5, 0.6) is 11.5 Å². The lowest BCUT2D eigenvalue weighted by atomic mass is 9.78. The van der Waals surface area contributed by atoms with E-state index >= 15 is 0 Å². The fourth-order valence-corrected chi connectivity index (χ4v) is 4.44. The summed E-state index contributed by atoms with van der Waals surface area (Å²) in [7, 11) is 0. The Hall–Kier alpha value is -1.24. The van der Waals surface area contributed by atoms with Gasteiger partial charge in [0.15, 0.2) is 0 Å². The monoisotopic (exact) mass is 558 g/mol. The third-order valence-corrected chi connectivity index (χ3v) is 6.10. The standard InChI is InChI=1S/C23H25Br2ClO4/c1-5-10-28-18-8-6-16(7-9-18)23(3,4)17-11-20(24)22(21(25)12-17)29-14-19(13-26)30-15(2)27/h5-9,11-12,19H,1,10,13-14H2,2-4H3/t19-/m0/s1. The van der Waals surface area contributed by atoms with Crippen molar-refractivity contribution in [2.75, 3.05) is 19.1 Å². The number of ether oxygens (including phenoxy) is 3. The van der Waals surface area contributed by atoms with Crippen molar-refractivity contribution in [3.05, 3.63) is 69.8 Å². The average molecular weight is 561 g/mol. The maximum Gasteiger partial charge on any atom is 0.303 e. The number of carbonyl (C=O) groups is 1. The number of hydrogen-bond donors (Lipinski definition) is 0. The Labute approximate surface area is 200 Å². The molecule has 0 N–H and O–H groups in total. The first kappa shape index (κ1) is 25.0. The molecule has 30 heavy (non-hydrogen) atoms. The quantitative estimate of drug-likeness (QED) is 0.246. The van der Waals surface area contributed by atoms with Crippen molar-refractivity contribution in [1.29, 1.82) is 0 Å². The van der Waals surface area contributed by atoms with E-state index in [1.165, 1.54) is 6.92 Å². The molecule has 0 spiro atoms. The van der Waals surface area contributed by atoms with Gasteiger partial charge in [0.25, 0.3) is 0 Å². The highest BCUT2D eigenvalue weighted by Gasteiger charge is 2.26. The molecule has 0 unspecified atom stereocenters. The average Bonchev–Trinajstić information content (AvgIpc) is 2.70. The maximum absolute atomic E-state index is 11.2. The van der Waals surface area contributed by atoms with Crippen molar-refractivity contribution in [2.24, 2.45) is 0 Å². The van der Waals surface area contributed by atoms with Gasteiger partial charge in [0.2, 0.25) is 0 Å². The summed E-state index contributed by atoms with van der Waals surface area (Å²) in [4.78, 5) is 11.2. The minimum Gasteiger partial charge on any atom is -0.493 e. The van der Waals surface area contributed by atoms with Crippen LogP contribution >= 0.6 is 43.5 Å². The molecule has 0 amide bonds. The Bertz CT molecular complexity index is 830. The molecule has 1 atom stereocenters. The van der Waals surface area contributed by atoms with Crippen LogP contribution in [0.4, 0.5) is 0 Å². The van der Waals surface area contributed by atoms with Crippen molar-refractivity contribution in [2.45, 2.75) is 32.3 Å². The minimum absolute atomic E-state index is 0.159. The molecule has 0 saturated carbocycles. The van der Waals surface area contributed by atoms with Gasteiger partial charge < -0.3 is 14.2 Å². The predicted molar refractivity (Wildman–Crippen MR) is 127 cm³/mol. The van der Waals surface area contributed by atoms with Gasteiger partial charge in [-0.05, 0) is 80.6 Å². The third kappa shape index (κ3) is 6.63. The van der Waals surface area contributed by atoms with Crippen LogP contribution in [0.1, 0.15) is 31.9 Å². The molecular weight excluding hydrogens is 536 g/mol. The van der Waals surface area contributed by atoms with Gasteiger partial charge in [-0.2, -0.15) is 0 Å². The molecule has 0 heterocycles. The summed E-state index contributed by atoms with van der Waals surface area (Å²) in [5, 5.41) is 0. The van der Waals surface area contributed by atoms with Crippen molar-refractivity contribution in [3.63, 3.8) is 0 Å². The van der Waals surface area contributed by atoms with Gasteiger partial charge in [0, 0.05) is 12.3 Å². The fraction of sp³-hybridized carbons (Fsp3) is 0.348. The first-order chi connectivity index (χ1) is 14.2. The normalized spacial score (nSPS) is 12.4. The van der Waals surface area contributed by atoms with Gasteiger partial charge in [-0.15, -0.1) is 11.6 Å². The summed E-state index contributed by atoms with van der Waals surface area (Å²) in [5.41, 5.74) is 2.00. The van der Waals surface area contributed by atoms with Crippen LogP contribution in [-0.2, 0) is 14.9 Å². The molecule has 2 aromatic rings. The molecule has 0 aromatic heterocycles. The van der Waals surface area contributed by atoms with E-state index in [1.54, 1.807) is 6.42 Å². The number of benzene rings is 2. The van der Waals surface area contributed by atoms with E-state index in [2.05, 4.69) is 64.8 Å². The topological polar surface area (TPSA) is 44.8 Å². The van der Waals surface area contributed by atoms with E-state index in [4.69, 9.17) is 25.8 Å². The van der Waals surface area contributed by atoms with Crippen LogP contribution in [0, 0.1) is 13.3 Å².